The van der Waals surface area contributed by atoms with Crippen LogP contribution in [-0.4, -0.2) is 31.7 Å². The van der Waals surface area contributed by atoms with Gasteiger partial charge in [-0.25, -0.2) is 0 Å². The predicted octanol–water partition coefficient (Wildman–Crippen LogP) is 3.60. The number of nitrogens with zero attached hydrogens (tertiary/aromatic N) is 1. The van der Waals surface area contributed by atoms with Crippen molar-refractivity contribution in [3.63, 3.8) is 0 Å². The lowest BCUT2D eigenvalue weighted by atomic mass is 9.96. The molecule has 6 heteroatoms. The van der Waals surface area contributed by atoms with Crippen LogP contribution in [0.25, 0.3) is 21.7 Å². The molecule has 2 bridgehead atoms. The Morgan fingerprint density at radius 3 is 2.59 bits per heavy atom. The van der Waals surface area contributed by atoms with Gasteiger partial charge in [0.15, 0.2) is 17.3 Å². The molecule has 27 heavy (non-hydrogen) atoms. The Bertz CT molecular complexity index is 1120. The number of ether oxygens (including phenoxy) is 5. The minimum absolute atomic E-state index is 0.217. The van der Waals surface area contributed by atoms with E-state index in [1.807, 2.05) is 6.07 Å². The van der Waals surface area contributed by atoms with Crippen LogP contribution < -0.4 is 14.2 Å². The average molecular weight is 367 g/mol. The Balaban J connectivity index is 1.78. The molecule has 1 fully saturated rings. The summed E-state index contributed by atoms with van der Waals surface area (Å²) in [7, 11) is 5.58. The Morgan fingerprint density at radius 1 is 1.07 bits per heavy atom. The first kappa shape index (κ1) is 15.6. The second-order valence-corrected chi connectivity index (χ2v) is 7.55. The van der Waals surface area contributed by atoms with Crippen molar-refractivity contribution in [2.24, 2.45) is 7.05 Å². The molecule has 3 aliphatic rings. The molecule has 1 saturated heterocycles. The molecule has 4 heterocycles. The Hall–Kier alpha value is -2.44. The molecule has 6 nitrogen and oxygen atoms in total. The Kier molecular flexibility index (Phi) is 2.94. The minimum atomic E-state index is -0.660. The zero-order valence-corrected chi connectivity index (χ0v) is 15.6. The fourth-order valence-corrected chi connectivity index (χ4v) is 5.14. The molecule has 3 aromatic rings. The van der Waals surface area contributed by atoms with Gasteiger partial charge in [0.1, 0.15) is 5.75 Å². The molecule has 0 N–H and O–H groups in total. The van der Waals surface area contributed by atoms with E-state index in [2.05, 4.69) is 23.7 Å². The van der Waals surface area contributed by atoms with Gasteiger partial charge in [-0.1, -0.05) is 0 Å². The van der Waals surface area contributed by atoms with E-state index in [-0.39, 0.29) is 12.9 Å². The largest absolute Gasteiger partial charge is 0.496 e. The van der Waals surface area contributed by atoms with Crippen molar-refractivity contribution in [1.82, 2.24) is 4.57 Å². The van der Waals surface area contributed by atoms with Crippen LogP contribution in [0.5, 0.6) is 17.2 Å². The first-order valence-electron chi connectivity index (χ1n) is 9.30. The van der Waals surface area contributed by atoms with E-state index in [9.17, 15) is 0 Å². The summed E-state index contributed by atoms with van der Waals surface area (Å²) in [4.78, 5) is 0. The van der Waals surface area contributed by atoms with Crippen LogP contribution in [0, 0.1) is 0 Å². The second-order valence-electron chi connectivity index (χ2n) is 7.55. The van der Waals surface area contributed by atoms with E-state index < -0.39 is 5.79 Å². The minimum Gasteiger partial charge on any atom is -0.496 e. The molecule has 2 aromatic carbocycles. The van der Waals surface area contributed by atoms with Gasteiger partial charge in [-0.3, -0.25) is 0 Å². The molecule has 2 unspecified atom stereocenters. The summed E-state index contributed by atoms with van der Waals surface area (Å²) >= 11 is 0. The molecule has 0 amide bonds. The van der Waals surface area contributed by atoms with Crippen molar-refractivity contribution in [1.29, 1.82) is 0 Å². The number of aryl methyl sites for hydroxylation is 1. The third-order valence-corrected chi connectivity index (χ3v) is 6.37. The van der Waals surface area contributed by atoms with Gasteiger partial charge in [0.2, 0.25) is 6.79 Å². The van der Waals surface area contributed by atoms with Gasteiger partial charge in [0, 0.05) is 54.4 Å². The molecule has 1 aromatic heterocycles. The van der Waals surface area contributed by atoms with E-state index in [0.717, 1.165) is 63.7 Å². The second kappa shape index (κ2) is 5.09. The van der Waals surface area contributed by atoms with Crippen LogP contribution in [0.3, 0.4) is 0 Å². The van der Waals surface area contributed by atoms with E-state index >= 15 is 0 Å². The third-order valence-electron chi connectivity index (χ3n) is 6.37. The first-order chi connectivity index (χ1) is 13.1. The number of benzene rings is 2. The van der Waals surface area contributed by atoms with Crippen LogP contribution in [0.4, 0.5) is 0 Å². The van der Waals surface area contributed by atoms with Crippen molar-refractivity contribution in [2.75, 3.05) is 21.0 Å². The van der Waals surface area contributed by atoms with Gasteiger partial charge in [0.25, 0.3) is 0 Å². The van der Waals surface area contributed by atoms with E-state index in [4.69, 9.17) is 23.7 Å². The summed E-state index contributed by atoms with van der Waals surface area (Å²) in [5, 5.41) is 3.23. The highest BCUT2D eigenvalue weighted by molar-refractivity contribution is 6.12. The normalized spacial score (nSPS) is 25.4. The maximum atomic E-state index is 6.32. The van der Waals surface area contributed by atoms with Gasteiger partial charge >= 0.3 is 0 Å². The highest BCUT2D eigenvalue weighted by Gasteiger charge is 2.50. The number of hydrogen-bond donors (Lipinski definition) is 0. The fraction of sp³-hybridized carbons (Fsp3) is 0.429. The lowest BCUT2D eigenvalue weighted by Gasteiger charge is -2.33. The van der Waals surface area contributed by atoms with Crippen LogP contribution in [0.1, 0.15) is 24.1 Å². The Morgan fingerprint density at radius 2 is 1.85 bits per heavy atom. The number of fused-ring (bicyclic) bond motifs is 9. The number of rotatable bonds is 2. The number of methoxy groups -OCH3 is 2. The number of aromatic nitrogens is 1. The van der Waals surface area contributed by atoms with Crippen LogP contribution >= 0.6 is 0 Å². The quantitative estimate of drug-likeness (QED) is 0.693. The lowest BCUT2D eigenvalue weighted by Crippen LogP contribution is -2.34. The highest BCUT2D eigenvalue weighted by Crippen LogP contribution is 2.52. The van der Waals surface area contributed by atoms with Crippen molar-refractivity contribution < 1.29 is 23.7 Å². The monoisotopic (exact) mass is 367 g/mol. The number of hydrogen-bond acceptors (Lipinski definition) is 5. The smallest absolute Gasteiger partial charge is 0.231 e. The highest BCUT2D eigenvalue weighted by atomic mass is 16.7. The SMILES string of the molecule is COc1cc2c3c(n(C)c2c2cc4c(cc12)OCO4)CC1CCC3(OC)O1. The molecule has 2 atom stereocenters. The molecule has 0 aliphatic carbocycles. The third kappa shape index (κ3) is 1.82. The molecular formula is C21H21NO5. The molecule has 6 rings (SSSR count). The molecule has 3 aliphatic heterocycles. The maximum absolute atomic E-state index is 6.32. The predicted molar refractivity (Wildman–Crippen MR) is 99.6 cm³/mol. The van der Waals surface area contributed by atoms with E-state index in [1.54, 1.807) is 14.2 Å². The molecule has 140 valence electrons. The standard InChI is InChI=1S/C21H21NO5/c1-22-15-6-11-4-5-21(24-3,27-11)19(15)14-9-16(23-2)12-7-17-18(26-10-25-17)8-13(12)20(14)22/h7-9,11H,4-6,10H2,1-3H3. The van der Waals surface area contributed by atoms with Gasteiger partial charge in [0.05, 0.1) is 18.7 Å². The van der Waals surface area contributed by atoms with Gasteiger partial charge in [-0.2, -0.15) is 0 Å². The molecule has 0 saturated carbocycles. The topological polar surface area (TPSA) is 51.1 Å². The molecule has 0 radical (unpaired) electrons. The van der Waals surface area contributed by atoms with Gasteiger partial charge in [-0.15, -0.1) is 0 Å². The Labute approximate surface area is 156 Å². The summed E-state index contributed by atoms with van der Waals surface area (Å²) in [6, 6.07) is 6.19. The lowest BCUT2D eigenvalue weighted by molar-refractivity contribution is -0.226. The average Bonchev–Trinajstić information content (AvgIpc) is 3.36. The summed E-state index contributed by atoms with van der Waals surface area (Å²) < 4.78 is 31.5. The van der Waals surface area contributed by atoms with Crippen molar-refractivity contribution in [3.8, 4) is 17.2 Å². The van der Waals surface area contributed by atoms with E-state index in [0.29, 0.717) is 0 Å². The fourth-order valence-electron chi connectivity index (χ4n) is 5.14. The summed E-state index contributed by atoms with van der Waals surface area (Å²) in [5.41, 5.74) is 3.59. The summed E-state index contributed by atoms with van der Waals surface area (Å²) in [5.74, 6) is 1.69. The zero-order valence-electron chi connectivity index (χ0n) is 15.6. The first-order valence-corrected chi connectivity index (χ1v) is 9.30. The van der Waals surface area contributed by atoms with Gasteiger partial charge in [-0.05, 0) is 24.6 Å². The molecule has 0 spiro atoms. The zero-order chi connectivity index (χ0) is 18.3. The van der Waals surface area contributed by atoms with Crippen molar-refractivity contribution in [3.05, 3.63) is 29.5 Å². The van der Waals surface area contributed by atoms with E-state index in [1.165, 1.54) is 5.69 Å². The molecular weight excluding hydrogens is 346 g/mol. The van der Waals surface area contributed by atoms with Gasteiger partial charge < -0.3 is 28.3 Å². The summed E-state index contributed by atoms with van der Waals surface area (Å²) in [6.07, 6.45) is 3.02. The van der Waals surface area contributed by atoms with Crippen LogP contribution in [-0.2, 0) is 28.7 Å². The maximum Gasteiger partial charge on any atom is 0.231 e. The van der Waals surface area contributed by atoms with Crippen molar-refractivity contribution in [2.45, 2.75) is 31.2 Å². The summed E-state index contributed by atoms with van der Waals surface area (Å²) in [6.45, 7) is 0.253. The van der Waals surface area contributed by atoms with Crippen molar-refractivity contribution >= 4 is 21.7 Å². The van der Waals surface area contributed by atoms with Crippen LogP contribution in [0.2, 0.25) is 0 Å². The van der Waals surface area contributed by atoms with Crippen LogP contribution in [0.15, 0.2) is 18.2 Å².